The Morgan fingerprint density at radius 2 is 1.70 bits per heavy atom. The lowest BCUT2D eigenvalue weighted by atomic mass is 9.88. The molecular formula is C20H21NO2. The van der Waals surface area contributed by atoms with Crippen LogP contribution in [0.2, 0.25) is 0 Å². The van der Waals surface area contributed by atoms with Crippen LogP contribution in [0.15, 0.2) is 60.7 Å². The summed E-state index contributed by atoms with van der Waals surface area (Å²) in [6.07, 6.45) is 0. The topological polar surface area (TPSA) is 52.3 Å². The first-order valence-electron chi connectivity index (χ1n) is 7.57. The number of hydrogen-bond acceptors (Lipinski definition) is 3. The molecule has 2 N–H and O–H groups in total. The number of rotatable bonds is 4. The van der Waals surface area contributed by atoms with Crippen LogP contribution in [0.5, 0.6) is 0 Å². The van der Waals surface area contributed by atoms with E-state index < -0.39 is 11.5 Å². The fourth-order valence-electron chi connectivity index (χ4n) is 1.92. The van der Waals surface area contributed by atoms with Crippen molar-refractivity contribution in [1.82, 2.24) is 0 Å². The second-order valence-electron chi connectivity index (χ2n) is 5.70. The van der Waals surface area contributed by atoms with Crippen LogP contribution in [-0.4, -0.2) is 11.5 Å². The Labute approximate surface area is 137 Å². The van der Waals surface area contributed by atoms with Gasteiger partial charge in [-0.2, -0.15) is 0 Å². The van der Waals surface area contributed by atoms with Crippen molar-refractivity contribution in [1.29, 1.82) is 0 Å². The Hall–Kier alpha value is -2.57. The van der Waals surface area contributed by atoms with Crippen molar-refractivity contribution < 1.29 is 9.53 Å². The van der Waals surface area contributed by atoms with Gasteiger partial charge in [-0.25, -0.2) is 0 Å². The molecule has 0 unspecified atom stereocenters. The Bertz CT molecular complexity index is 697. The highest BCUT2D eigenvalue weighted by Gasteiger charge is 2.35. The predicted octanol–water partition coefficient (Wildman–Crippen LogP) is 3.14. The quantitative estimate of drug-likeness (QED) is 0.697. The van der Waals surface area contributed by atoms with Crippen LogP contribution >= 0.6 is 0 Å². The van der Waals surface area contributed by atoms with E-state index in [9.17, 15) is 4.79 Å². The molecule has 0 amide bonds. The highest BCUT2D eigenvalue weighted by Crippen LogP contribution is 2.16. The third kappa shape index (κ3) is 4.70. The Morgan fingerprint density at radius 3 is 2.30 bits per heavy atom. The molecule has 0 radical (unpaired) electrons. The summed E-state index contributed by atoms with van der Waals surface area (Å²) in [6.45, 7) is 3.70. The van der Waals surface area contributed by atoms with E-state index in [2.05, 4.69) is 11.8 Å². The molecule has 0 spiro atoms. The van der Waals surface area contributed by atoms with Gasteiger partial charge in [0, 0.05) is 11.5 Å². The van der Waals surface area contributed by atoms with Crippen molar-refractivity contribution in [3.05, 3.63) is 71.8 Å². The number of carbonyl (C=O) groups excluding carboxylic acids is 1. The molecular weight excluding hydrogens is 286 g/mol. The van der Waals surface area contributed by atoms with Crippen LogP contribution in [-0.2, 0) is 16.1 Å². The number of carbonyl (C=O) groups is 1. The van der Waals surface area contributed by atoms with Crippen molar-refractivity contribution in [2.75, 3.05) is 0 Å². The molecule has 0 bridgehead atoms. The van der Waals surface area contributed by atoms with Crippen LogP contribution in [0.1, 0.15) is 25.0 Å². The van der Waals surface area contributed by atoms with Gasteiger partial charge >= 0.3 is 5.97 Å². The average molecular weight is 307 g/mol. The van der Waals surface area contributed by atoms with Crippen molar-refractivity contribution >= 4 is 5.97 Å². The zero-order valence-electron chi connectivity index (χ0n) is 13.5. The summed E-state index contributed by atoms with van der Waals surface area (Å²) in [7, 11) is 0. The lowest BCUT2D eigenvalue weighted by Gasteiger charge is -2.25. The van der Waals surface area contributed by atoms with Crippen LogP contribution in [0.3, 0.4) is 0 Å². The van der Waals surface area contributed by atoms with Gasteiger partial charge in [0.1, 0.15) is 12.1 Å². The summed E-state index contributed by atoms with van der Waals surface area (Å²) >= 11 is 0. The highest BCUT2D eigenvalue weighted by molar-refractivity contribution is 5.81. The summed E-state index contributed by atoms with van der Waals surface area (Å²) in [6, 6.07) is 19.1. The first-order valence-corrected chi connectivity index (χ1v) is 7.57. The van der Waals surface area contributed by atoms with Crippen molar-refractivity contribution in [3.8, 4) is 11.8 Å². The molecule has 3 nitrogen and oxygen atoms in total. The fraction of sp³-hybridized carbons (Fsp3) is 0.250. The summed E-state index contributed by atoms with van der Waals surface area (Å²) in [5.41, 5.74) is 6.83. The molecule has 0 heterocycles. The third-order valence-electron chi connectivity index (χ3n) is 3.76. The standard InChI is InChI=1S/C20H21NO2/c1-16(13-14-17-9-5-3-6-10-17)20(2,21)19(22)23-15-18-11-7-4-8-12-18/h3-12,16H,15,21H2,1-2H3/t16-,20+/m1/s1. The summed E-state index contributed by atoms with van der Waals surface area (Å²) in [5, 5.41) is 0. The largest absolute Gasteiger partial charge is 0.459 e. The van der Waals surface area contributed by atoms with Crippen LogP contribution in [0.25, 0.3) is 0 Å². The smallest absolute Gasteiger partial charge is 0.327 e. The van der Waals surface area contributed by atoms with Crippen molar-refractivity contribution in [2.24, 2.45) is 11.7 Å². The molecule has 0 aromatic heterocycles. The molecule has 0 aliphatic heterocycles. The summed E-state index contributed by atoms with van der Waals surface area (Å²) in [4.78, 5) is 12.3. The Balaban J connectivity index is 1.99. The van der Waals surface area contributed by atoms with Gasteiger partial charge in [-0.05, 0) is 31.5 Å². The van der Waals surface area contributed by atoms with E-state index in [0.29, 0.717) is 0 Å². The van der Waals surface area contributed by atoms with Crippen molar-refractivity contribution in [3.63, 3.8) is 0 Å². The van der Waals surface area contributed by atoms with E-state index >= 15 is 0 Å². The Morgan fingerprint density at radius 1 is 1.13 bits per heavy atom. The molecule has 0 fully saturated rings. The zero-order chi connectivity index (χ0) is 16.7. The average Bonchev–Trinajstić information content (AvgIpc) is 2.59. The third-order valence-corrected chi connectivity index (χ3v) is 3.76. The number of esters is 1. The van der Waals surface area contributed by atoms with Crippen LogP contribution < -0.4 is 5.73 Å². The van der Waals surface area contributed by atoms with E-state index in [-0.39, 0.29) is 12.5 Å². The lowest BCUT2D eigenvalue weighted by Crippen LogP contribution is -2.51. The molecule has 3 heteroatoms. The normalized spacial score (nSPS) is 14.0. The number of hydrogen-bond donors (Lipinski definition) is 1. The molecule has 2 aromatic carbocycles. The fourth-order valence-corrected chi connectivity index (χ4v) is 1.92. The van der Waals surface area contributed by atoms with E-state index in [0.717, 1.165) is 11.1 Å². The number of ether oxygens (including phenoxy) is 1. The van der Waals surface area contributed by atoms with Crippen molar-refractivity contribution in [2.45, 2.75) is 26.0 Å². The minimum absolute atomic E-state index is 0.214. The highest BCUT2D eigenvalue weighted by atomic mass is 16.5. The first kappa shape index (κ1) is 16.8. The second-order valence-corrected chi connectivity index (χ2v) is 5.70. The molecule has 23 heavy (non-hydrogen) atoms. The predicted molar refractivity (Wildman–Crippen MR) is 91.3 cm³/mol. The maximum atomic E-state index is 12.3. The van der Waals surface area contributed by atoms with E-state index in [1.165, 1.54) is 0 Å². The van der Waals surface area contributed by atoms with Crippen LogP contribution in [0.4, 0.5) is 0 Å². The van der Waals surface area contributed by atoms with Gasteiger partial charge < -0.3 is 10.5 Å². The molecule has 0 aliphatic rings. The van der Waals surface area contributed by atoms with Gasteiger partial charge in [0.25, 0.3) is 0 Å². The molecule has 0 aliphatic carbocycles. The number of benzene rings is 2. The second kappa shape index (κ2) is 7.62. The maximum absolute atomic E-state index is 12.3. The first-order chi connectivity index (χ1) is 11.0. The van der Waals surface area contributed by atoms with E-state index in [1.807, 2.05) is 67.6 Å². The number of nitrogens with two attached hydrogens (primary N) is 1. The van der Waals surface area contributed by atoms with Crippen LogP contribution in [0, 0.1) is 17.8 Å². The monoisotopic (exact) mass is 307 g/mol. The van der Waals surface area contributed by atoms with E-state index in [1.54, 1.807) is 6.92 Å². The molecule has 118 valence electrons. The van der Waals surface area contributed by atoms with Gasteiger partial charge in [0.15, 0.2) is 0 Å². The Kier molecular flexibility index (Phi) is 5.56. The maximum Gasteiger partial charge on any atom is 0.327 e. The van der Waals surface area contributed by atoms with Gasteiger partial charge in [0.05, 0.1) is 0 Å². The van der Waals surface area contributed by atoms with Gasteiger partial charge in [0.2, 0.25) is 0 Å². The molecule has 0 saturated carbocycles. The molecule has 2 rings (SSSR count). The van der Waals surface area contributed by atoms with Gasteiger partial charge in [-0.3, -0.25) is 4.79 Å². The van der Waals surface area contributed by atoms with Gasteiger partial charge in [-0.15, -0.1) is 0 Å². The molecule has 0 saturated heterocycles. The zero-order valence-corrected chi connectivity index (χ0v) is 13.5. The molecule has 2 atom stereocenters. The van der Waals surface area contributed by atoms with Gasteiger partial charge in [-0.1, -0.05) is 60.4 Å². The molecule has 2 aromatic rings. The minimum atomic E-state index is -1.16. The van der Waals surface area contributed by atoms with E-state index in [4.69, 9.17) is 10.5 Å². The SMILES string of the molecule is C[C@H](C#Cc1ccccc1)[C@](C)(N)C(=O)OCc1ccccc1. The lowest BCUT2D eigenvalue weighted by molar-refractivity contribution is -0.152. The minimum Gasteiger partial charge on any atom is -0.459 e. The summed E-state index contributed by atoms with van der Waals surface area (Å²) in [5.74, 6) is 5.31. The summed E-state index contributed by atoms with van der Waals surface area (Å²) < 4.78 is 5.33.